The number of aromatic nitrogens is 8. The number of benzene rings is 9. The van der Waals surface area contributed by atoms with Crippen LogP contribution in [0.15, 0.2) is 231 Å². The molecule has 0 aliphatic rings. The third-order valence-electron chi connectivity index (χ3n) is 12.6. The lowest BCUT2D eigenvalue weighted by Gasteiger charge is -2.12. The van der Waals surface area contributed by atoms with Crippen LogP contribution in [0.5, 0.6) is 0 Å². The lowest BCUT2D eigenvalue weighted by molar-refractivity contribution is 1.07. The quantitative estimate of drug-likeness (QED) is 0.151. The van der Waals surface area contributed by atoms with Crippen molar-refractivity contribution in [3.8, 4) is 79.7 Å². The van der Waals surface area contributed by atoms with Crippen molar-refractivity contribution in [1.82, 2.24) is 39.0 Å². The Hall–Kier alpha value is -9.40. The molecule has 0 radical (unpaired) electrons. The van der Waals surface area contributed by atoms with E-state index in [1.807, 2.05) is 121 Å². The molecule has 13 aromatic rings. The highest BCUT2D eigenvalue weighted by Gasteiger charge is 2.20. The predicted molar refractivity (Wildman–Crippen MR) is 275 cm³/mol. The molecule has 0 saturated carbocycles. The van der Waals surface area contributed by atoms with Crippen LogP contribution in [-0.2, 0) is 0 Å². The number of rotatable bonds is 8. The van der Waals surface area contributed by atoms with Gasteiger partial charge in [0, 0.05) is 66.3 Å². The molecule has 0 fully saturated rings. The van der Waals surface area contributed by atoms with E-state index in [9.17, 15) is 0 Å². The zero-order valence-electron chi connectivity index (χ0n) is 36.5. The average molecular weight is 871 g/mol. The fourth-order valence-corrected chi connectivity index (χ4v) is 9.38. The summed E-state index contributed by atoms with van der Waals surface area (Å²) in [5.74, 6) is 3.77. The maximum absolute atomic E-state index is 5.00. The van der Waals surface area contributed by atoms with Gasteiger partial charge < -0.3 is 9.13 Å². The summed E-state index contributed by atoms with van der Waals surface area (Å²) in [6.07, 6.45) is 0. The molecule has 0 N–H and O–H groups in total. The van der Waals surface area contributed by atoms with Crippen LogP contribution in [0.25, 0.3) is 123 Å². The summed E-state index contributed by atoms with van der Waals surface area (Å²) in [6, 6.07) is 79.5. The van der Waals surface area contributed by atoms with Crippen LogP contribution >= 0.6 is 0 Å². The molecule has 318 valence electrons. The Kier molecular flexibility index (Phi) is 9.31. The van der Waals surface area contributed by atoms with Gasteiger partial charge in [0.05, 0.1) is 22.1 Å². The van der Waals surface area contributed by atoms with Gasteiger partial charge in [0.1, 0.15) is 0 Å². The van der Waals surface area contributed by atoms with Gasteiger partial charge in [0.15, 0.2) is 34.9 Å². The largest absolute Gasteiger partial charge is 0.309 e. The van der Waals surface area contributed by atoms with Crippen LogP contribution in [0.2, 0.25) is 0 Å². The lowest BCUT2D eigenvalue weighted by Crippen LogP contribution is -2.01. The Balaban J connectivity index is 0.936. The van der Waals surface area contributed by atoms with Crippen molar-refractivity contribution in [2.24, 2.45) is 0 Å². The first kappa shape index (κ1) is 39.0. The molecule has 0 bridgehead atoms. The van der Waals surface area contributed by atoms with Gasteiger partial charge in [-0.15, -0.1) is 0 Å². The van der Waals surface area contributed by atoms with Crippen molar-refractivity contribution < 1.29 is 0 Å². The summed E-state index contributed by atoms with van der Waals surface area (Å²) < 4.78 is 4.74. The minimum atomic E-state index is 0.618. The second kappa shape index (κ2) is 16.2. The highest BCUT2D eigenvalue weighted by atomic mass is 15.0. The number of hydrogen-bond donors (Lipinski definition) is 0. The Labute approximate surface area is 391 Å². The third kappa shape index (κ3) is 6.78. The van der Waals surface area contributed by atoms with E-state index >= 15 is 0 Å². The van der Waals surface area contributed by atoms with Gasteiger partial charge in [-0.25, -0.2) is 29.9 Å². The van der Waals surface area contributed by atoms with Crippen molar-refractivity contribution in [2.45, 2.75) is 0 Å². The molecular weight excluding hydrogens is 833 g/mol. The Morgan fingerprint density at radius 3 is 0.779 bits per heavy atom. The normalized spacial score (nSPS) is 11.5. The maximum Gasteiger partial charge on any atom is 0.164 e. The zero-order chi connectivity index (χ0) is 45.0. The molecular formula is C60H38N8. The molecule has 0 aliphatic carbocycles. The topological polar surface area (TPSA) is 87.2 Å². The standard InChI is InChI=1S/C60H38N8/c1-5-17-39(18-6-1)55-61-56(40-19-7-2-8-20-40)64-59(63-55)43-29-33-45(34-30-43)67-51-27-15-13-25-47(51)49-37-50-48-26-14-16-28-52(48)68(54(50)38-53(49)67)46-35-31-44(32-36-46)60-65-57(41-21-9-3-10-22-41)62-58(66-60)42-23-11-4-12-24-42/h1-38H. The highest BCUT2D eigenvalue weighted by Crippen LogP contribution is 2.40. The van der Waals surface area contributed by atoms with Crippen LogP contribution in [-0.4, -0.2) is 39.0 Å². The SMILES string of the molecule is c1ccc(-c2nc(-c3ccccc3)nc(-c3ccc(-n4c5ccccc5c5cc6c7ccccc7n(-c7ccc(-c8nc(-c9ccccc9)nc(-c9ccccc9)n8)cc7)c6cc54)cc3)n2)cc1. The summed E-state index contributed by atoms with van der Waals surface area (Å²) in [5, 5.41) is 4.75. The summed E-state index contributed by atoms with van der Waals surface area (Å²) in [4.78, 5) is 29.8. The van der Waals surface area contributed by atoms with Crippen molar-refractivity contribution in [3.63, 3.8) is 0 Å². The fraction of sp³-hybridized carbons (Fsp3) is 0. The van der Waals surface area contributed by atoms with E-state index in [1.165, 1.54) is 21.5 Å². The lowest BCUT2D eigenvalue weighted by atomic mass is 10.1. The van der Waals surface area contributed by atoms with E-state index in [0.717, 1.165) is 66.8 Å². The van der Waals surface area contributed by atoms with E-state index in [0.29, 0.717) is 34.9 Å². The van der Waals surface area contributed by atoms with Gasteiger partial charge in [0.25, 0.3) is 0 Å². The first-order valence-electron chi connectivity index (χ1n) is 22.6. The van der Waals surface area contributed by atoms with Gasteiger partial charge in [0.2, 0.25) is 0 Å². The summed E-state index contributed by atoms with van der Waals surface area (Å²) >= 11 is 0. The molecule has 8 nitrogen and oxygen atoms in total. The number of para-hydroxylation sites is 2. The highest BCUT2D eigenvalue weighted by molar-refractivity contribution is 6.19. The van der Waals surface area contributed by atoms with Crippen LogP contribution in [0.3, 0.4) is 0 Å². The molecule has 4 aromatic heterocycles. The molecule has 4 heterocycles. The molecule has 0 amide bonds. The summed E-state index contributed by atoms with van der Waals surface area (Å²) in [6.45, 7) is 0. The van der Waals surface area contributed by atoms with E-state index in [4.69, 9.17) is 29.9 Å². The van der Waals surface area contributed by atoms with Crippen LogP contribution < -0.4 is 0 Å². The molecule has 0 atom stereocenters. The molecule has 13 rings (SSSR count). The van der Waals surface area contributed by atoms with Crippen molar-refractivity contribution in [1.29, 1.82) is 0 Å². The minimum absolute atomic E-state index is 0.618. The third-order valence-corrected chi connectivity index (χ3v) is 12.6. The van der Waals surface area contributed by atoms with Crippen molar-refractivity contribution in [2.75, 3.05) is 0 Å². The molecule has 0 spiro atoms. The Morgan fingerprint density at radius 2 is 0.471 bits per heavy atom. The van der Waals surface area contributed by atoms with E-state index in [2.05, 4.69) is 118 Å². The van der Waals surface area contributed by atoms with Gasteiger partial charge >= 0.3 is 0 Å². The molecule has 0 aliphatic heterocycles. The average Bonchev–Trinajstić information content (AvgIpc) is 3.93. The number of nitrogens with zero attached hydrogens (tertiary/aromatic N) is 8. The molecule has 0 unspecified atom stereocenters. The molecule has 8 heteroatoms. The predicted octanol–water partition coefficient (Wildman–Crippen LogP) is 14.3. The Bertz CT molecular complexity index is 3610. The van der Waals surface area contributed by atoms with Crippen LogP contribution in [0.4, 0.5) is 0 Å². The first-order valence-corrected chi connectivity index (χ1v) is 22.6. The second-order valence-corrected chi connectivity index (χ2v) is 16.8. The number of hydrogen-bond acceptors (Lipinski definition) is 6. The summed E-state index contributed by atoms with van der Waals surface area (Å²) in [5.41, 5.74) is 12.1. The van der Waals surface area contributed by atoms with Gasteiger partial charge in [-0.2, -0.15) is 0 Å². The minimum Gasteiger partial charge on any atom is -0.309 e. The van der Waals surface area contributed by atoms with Gasteiger partial charge in [-0.1, -0.05) is 158 Å². The van der Waals surface area contributed by atoms with E-state index in [-0.39, 0.29) is 0 Å². The molecule has 68 heavy (non-hydrogen) atoms. The summed E-state index contributed by atoms with van der Waals surface area (Å²) in [7, 11) is 0. The van der Waals surface area contributed by atoms with Gasteiger partial charge in [-0.3, -0.25) is 0 Å². The number of fused-ring (bicyclic) bond motifs is 6. The zero-order valence-corrected chi connectivity index (χ0v) is 36.5. The van der Waals surface area contributed by atoms with Crippen molar-refractivity contribution in [3.05, 3.63) is 231 Å². The molecule has 0 saturated heterocycles. The van der Waals surface area contributed by atoms with E-state index in [1.54, 1.807) is 0 Å². The van der Waals surface area contributed by atoms with E-state index < -0.39 is 0 Å². The maximum atomic E-state index is 5.00. The first-order chi connectivity index (χ1) is 33.7. The molecule has 9 aromatic carbocycles. The smallest absolute Gasteiger partial charge is 0.164 e. The van der Waals surface area contributed by atoms with Crippen LogP contribution in [0, 0.1) is 0 Å². The van der Waals surface area contributed by atoms with Crippen molar-refractivity contribution >= 4 is 43.6 Å². The Morgan fingerprint density at radius 1 is 0.206 bits per heavy atom. The monoisotopic (exact) mass is 870 g/mol. The van der Waals surface area contributed by atoms with Gasteiger partial charge in [-0.05, 0) is 72.8 Å². The van der Waals surface area contributed by atoms with Crippen LogP contribution in [0.1, 0.15) is 0 Å². The second-order valence-electron chi connectivity index (χ2n) is 16.8. The fourth-order valence-electron chi connectivity index (χ4n) is 9.38.